The first kappa shape index (κ1) is 13.9. The largest absolute Gasteiger partial charge is 0.360 e. The number of nitrogens with one attached hydrogen (secondary N) is 1. The van der Waals surface area contributed by atoms with Crippen LogP contribution < -0.4 is 5.32 Å². The highest BCUT2D eigenvalue weighted by Crippen LogP contribution is 2.19. The van der Waals surface area contributed by atoms with Crippen LogP contribution in [0.2, 0.25) is 0 Å². The van der Waals surface area contributed by atoms with Gasteiger partial charge in [0.25, 0.3) is 0 Å². The molecule has 4 heteroatoms. The minimum absolute atomic E-state index is 0.0480. The fourth-order valence-electron chi connectivity index (χ4n) is 1.25. The Morgan fingerprint density at radius 1 is 1.33 bits per heavy atom. The van der Waals surface area contributed by atoms with Crippen LogP contribution in [-0.2, 0) is 4.79 Å². The standard InChI is InChI=1S/C14H15FN2O/c1-14(2,3)13(18)10(8-16)9-17-12-6-4-11(15)5-7-12/h4-7,9,17H,1-3H3. The SMILES string of the molecule is CC(C)(C)C(=O)C(C#N)=CNc1ccc(F)cc1. The maximum absolute atomic E-state index is 12.7. The molecule has 0 aliphatic heterocycles. The normalized spacial score (nSPS) is 11.8. The molecule has 1 aromatic carbocycles. The summed E-state index contributed by atoms with van der Waals surface area (Å²) < 4.78 is 12.7. The lowest BCUT2D eigenvalue weighted by Crippen LogP contribution is -2.22. The van der Waals surface area contributed by atoms with Gasteiger partial charge in [-0.25, -0.2) is 4.39 Å². The van der Waals surface area contributed by atoms with Gasteiger partial charge in [0.2, 0.25) is 0 Å². The Bertz CT molecular complexity index is 504. The van der Waals surface area contributed by atoms with E-state index in [0.29, 0.717) is 5.69 Å². The Hall–Kier alpha value is -2.15. The number of halogens is 1. The second-order valence-corrected chi connectivity index (χ2v) is 4.90. The van der Waals surface area contributed by atoms with Gasteiger partial charge in [0.1, 0.15) is 17.5 Å². The summed E-state index contributed by atoms with van der Waals surface area (Å²) in [6.45, 7) is 5.25. The Balaban J connectivity index is 2.85. The highest BCUT2D eigenvalue weighted by atomic mass is 19.1. The van der Waals surface area contributed by atoms with Gasteiger partial charge >= 0.3 is 0 Å². The van der Waals surface area contributed by atoms with E-state index in [0.717, 1.165) is 0 Å². The number of nitriles is 1. The van der Waals surface area contributed by atoms with Crippen LogP contribution in [0.5, 0.6) is 0 Å². The monoisotopic (exact) mass is 246 g/mol. The van der Waals surface area contributed by atoms with E-state index in [9.17, 15) is 9.18 Å². The molecule has 3 nitrogen and oxygen atoms in total. The molecule has 0 atom stereocenters. The second-order valence-electron chi connectivity index (χ2n) is 4.90. The average Bonchev–Trinajstić information content (AvgIpc) is 2.31. The molecule has 1 aromatic rings. The van der Waals surface area contributed by atoms with Gasteiger partial charge in [-0.15, -0.1) is 0 Å². The maximum Gasteiger partial charge on any atom is 0.180 e. The summed E-state index contributed by atoms with van der Waals surface area (Å²) in [6, 6.07) is 7.52. The number of hydrogen-bond donors (Lipinski definition) is 1. The van der Waals surface area contributed by atoms with Crippen molar-refractivity contribution in [2.45, 2.75) is 20.8 Å². The van der Waals surface area contributed by atoms with E-state index in [1.54, 1.807) is 20.8 Å². The van der Waals surface area contributed by atoms with Gasteiger partial charge in [-0.2, -0.15) is 5.26 Å². The van der Waals surface area contributed by atoms with Crippen molar-refractivity contribution in [3.8, 4) is 6.07 Å². The van der Waals surface area contributed by atoms with E-state index < -0.39 is 5.41 Å². The van der Waals surface area contributed by atoms with Crippen LogP contribution in [0.1, 0.15) is 20.8 Å². The fourth-order valence-corrected chi connectivity index (χ4v) is 1.25. The highest BCUT2D eigenvalue weighted by Gasteiger charge is 2.24. The van der Waals surface area contributed by atoms with Gasteiger partial charge in [-0.1, -0.05) is 20.8 Å². The number of carbonyl (C=O) groups excluding carboxylic acids is 1. The van der Waals surface area contributed by atoms with E-state index in [1.165, 1.54) is 30.5 Å². The Kier molecular flexibility index (Phi) is 4.22. The summed E-state index contributed by atoms with van der Waals surface area (Å²) in [7, 11) is 0. The number of carbonyl (C=O) groups is 1. The van der Waals surface area contributed by atoms with Crippen molar-refractivity contribution >= 4 is 11.5 Å². The lowest BCUT2D eigenvalue weighted by atomic mass is 9.87. The summed E-state index contributed by atoms with van der Waals surface area (Å²) in [4.78, 5) is 11.9. The van der Waals surface area contributed by atoms with E-state index in [-0.39, 0.29) is 17.2 Å². The Morgan fingerprint density at radius 2 is 1.89 bits per heavy atom. The molecular formula is C14H15FN2O. The number of rotatable bonds is 3. The minimum Gasteiger partial charge on any atom is -0.360 e. The lowest BCUT2D eigenvalue weighted by Gasteiger charge is -2.15. The molecule has 0 spiro atoms. The lowest BCUT2D eigenvalue weighted by molar-refractivity contribution is -0.122. The third-order valence-corrected chi connectivity index (χ3v) is 2.27. The summed E-state index contributed by atoms with van der Waals surface area (Å²) in [5.74, 6) is -0.574. The molecule has 1 N–H and O–H groups in total. The second kappa shape index (κ2) is 5.46. The molecule has 0 saturated carbocycles. The topological polar surface area (TPSA) is 52.9 Å². The van der Waals surface area contributed by atoms with Crippen molar-refractivity contribution in [3.05, 3.63) is 41.9 Å². The van der Waals surface area contributed by atoms with Crippen LogP contribution in [-0.4, -0.2) is 5.78 Å². The molecule has 0 radical (unpaired) electrons. The third kappa shape index (κ3) is 3.70. The molecule has 1 rings (SSSR count). The summed E-state index contributed by atoms with van der Waals surface area (Å²) in [5, 5.41) is 11.7. The third-order valence-electron chi connectivity index (χ3n) is 2.27. The summed E-state index contributed by atoms with van der Waals surface area (Å²) >= 11 is 0. The number of nitrogens with zero attached hydrogens (tertiary/aromatic N) is 1. The zero-order valence-electron chi connectivity index (χ0n) is 10.6. The molecule has 0 unspecified atom stereocenters. The maximum atomic E-state index is 12.7. The van der Waals surface area contributed by atoms with Crippen LogP contribution in [0.25, 0.3) is 0 Å². The van der Waals surface area contributed by atoms with E-state index in [4.69, 9.17) is 5.26 Å². The molecule has 0 bridgehead atoms. The van der Waals surface area contributed by atoms with E-state index >= 15 is 0 Å². The van der Waals surface area contributed by atoms with Crippen molar-refractivity contribution < 1.29 is 9.18 Å². The average molecular weight is 246 g/mol. The zero-order valence-corrected chi connectivity index (χ0v) is 10.6. The molecule has 0 saturated heterocycles. The first-order chi connectivity index (χ1) is 8.34. The van der Waals surface area contributed by atoms with Crippen molar-refractivity contribution in [3.63, 3.8) is 0 Å². The summed E-state index contributed by atoms with van der Waals surface area (Å²) in [6.07, 6.45) is 1.35. The van der Waals surface area contributed by atoms with Gasteiger partial charge in [0.05, 0.1) is 0 Å². The van der Waals surface area contributed by atoms with Crippen LogP contribution in [0, 0.1) is 22.6 Å². The molecule has 0 fully saturated rings. The molecule has 94 valence electrons. The smallest absolute Gasteiger partial charge is 0.180 e. The fraction of sp³-hybridized carbons (Fsp3) is 0.286. The van der Waals surface area contributed by atoms with Gasteiger partial charge < -0.3 is 5.32 Å². The molecule has 0 aromatic heterocycles. The Morgan fingerprint density at radius 3 is 2.33 bits per heavy atom. The molecule has 18 heavy (non-hydrogen) atoms. The minimum atomic E-state index is -0.605. The number of benzene rings is 1. The van der Waals surface area contributed by atoms with Crippen LogP contribution in [0.15, 0.2) is 36.0 Å². The van der Waals surface area contributed by atoms with Crippen molar-refractivity contribution in [2.24, 2.45) is 5.41 Å². The van der Waals surface area contributed by atoms with E-state index in [2.05, 4.69) is 5.32 Å². The van der Waals surface area contributed by atoms with E-state index in [1.807, 2.05) is 6.07 Å². The number of Topliss-reactive ketones (excluding diaryl/α,β-unsaturated/α-hetero) is 1. The molecule has 0 aliphatic rings. The molecule has 0 aliphatic carbocycles. The Labute approximate surface area is 106 Å². The first-order valence-electron chi connectivity index (χ1n) is 5.52. The quantitative estimate of drug-likeness (QED) is 0.658. The van der Waals surface area contributed by atoms with Crippen molar-refractivity contribution in [1.82, 2.24) is 0 Å². The van der Waals surface area contributed by atoms with Crippen molar-refractivity contribution in [2.75, 3.05) is 5.32 Å². The predicted octanol–water partition coefficient (Wildman–Crippen LogP) is 3.26. The van der Waals surface area contributed by atoms with Crippen LogP contribution in [0.4, 0.5) is 10.1 Å². The first-order valence-corrected chi connectivity index (χ1v) is 5.52. The van der Waals surface area contributed by atoms with Gasteiger partial charge in [0.15, 0.2) is 5.78 Å². The predicted molar refractivity (Wildman–Crippen MR) is 68.2 cm³/mol. The molecular weight excluding hydrogens is 231 g/mol. The number of ketones is 1. The van der Waals surface area contributed by atoms with Crippen LogP contribution >= 0.6 is 0 Å². The number of hydrogen-bond acceptors (Lipinski definition) is 3. The molecule has 0 heterocycles. The van der Waals surface area contributed by atoms with Crippen molar-refractivity contribution in [1.29, 1.82) is 5.26 Å². The van der Waals surface area contributed by atoms with Gasteiger partial charge in [-0.05, 0) is 24.3 Å². The zero-order chi connectivity index (χ0) is 13.8. The molecule has 0 amide bonds. The van der Waals surface area contributed by atoms with Crippen LogP contribution in [0.3, 0.4) is 0 Å². The van der Waals surface area contributed by atoms with Gasteiger partial charge in [-0.3, -0.25) is 4.79 Å². The van der Waals surface area contributed by atoms with Gasteiger partial charge in [0, 0.05) is 17.3 Å². The number of anilines is 1. The highest BCUT2D eigenvalue weighted by molar-refractivity contribution is 6.02. The number of allylic oxidation sites excluding steroid dienone is 1. The summed E-state index contributed by atoms with van der Waals surface area (Å²) in [5.41, 5.74) is 0.0594.